The lowest BCUT2D eigenvalue weighted by atomic mass is 9.81. The van der Waals surface area contributed by atoms with Crippen LogP contribution in [0.5, 0.6) is 0 Å². The molecule has 0 spiro atoms. The van der Waals surface area contributed by atoms with E-state index in [1.54, 1.807) is 0 Å². The van der Waals surface area contributed by atoms with E-state index in [1.165, 1.54) is 6.42 Å². The van der Waals surface area contributed by atoms with Gasteiger partial charge in [-0.15, -0.1) is 0 Å². The summed E-state index contributed by atoms with van der Waals surface area (Å²) in [5, 5.41) is 0. The van der Waals surface area contributed by atoms with Gasteiger partial charge in [-0.05, 0) is 33.9 Å². The normalized spacial score (nSPS) is 9.08. The van der Waals surface area contributed by atoms with Crippen molar-refractivity contribution in [1.82, 2.24) is 4.90 Å². The number of hydrogen-bond donors (Lipinski definition) is 0. The molecule has 0 aliphatic carbocycles. The fourth-order valence-electron chi connectivity index (χ4n) is 0. The summed E-state index contributed by atoms with van der Waals surface area (Å²) in [5.41, 5.74) is 0. The molecule has 1 nitrogen and oxygen atoms in total. The Morgan fingerprint density at radius 3 is 1.15 bits per heavy atom. The van der Waals surface area contributed by atoms with Gasteiger partial charge in [-0.3, -0.25) is 0 Å². The van der Waals surface area contributed by atoms with E-state index in [-0.39, 0.29) is 0 Å². The second kappa shape index (κ2) is 14.6. The van der Waals surface area contributed by atoms with Crippen LogP contribution in [0, 0.1) is 5.92 Å². The molecule has 3 heteroatoms. The topological polar surface area (TPSA) is 3.24 Å². The van der Waals surface area contributed by atoms with E-state index in [0.717, 1.165) is 5.92 Å². The van der Waals surface area contributed by atoms with Gasteiger partial charge in [0.1, 0.15) is 0 Å². The summed E-state index contributed by atoms with van der Waals surface area (Å²) >= 11 is 0. The van der Waals surface area contributed by atoms with Gasteiger partial charge >= 0.3 is 0 Å². The summed E-state index contributed by atoms with van der Waals surface area (Å²) < 4.78 is 0. The smallest absolute Gasteiger partial charge is 0.00324 e. The third kappa shape index (κ3) is 33.2. The first-order valence-electron chi connectivity index (χ1n) is 4.91. The van der Waals surface area contributed by atoms with Crippen LogP contribution in [0.15, 0.2) is 0 Å². The van der Waals surface area contributed by atoms with Crippen molar-refractivity contribution in [2.45, 2.75) is 47.1 Å². The van der Waals surface area contributed by atoms with Crippen molar-refractivity contribution in [3.8, 4) is 0 Å². The molecule has 0 atom stereocenters. The molecule has 0 aromatic carbocycles. The molecule has 0 aromatic heterocycles. The lowest BCUT2D eigenvalue weighted by molar-refractivity contribution is 0.335. The first-order chi connectivity index (χ1) is 5.91. The van der Waals surface area contributed by atoms with Crippen LogP contribution < -0.4 is 0 Å². The Labute approximate surface area is 88.1 Å². The van der Waals surface area contributed by atoms with Crippen LogP contribution in [0.1, 0.15) is 41.0 Å². The highest BCUT2D eigenvalue weighted by molar-refractivity contribution is 6.75. The van der Waals surface area contributed by atoms with E-state index in [0.29, 0.717) is 6.04 Å². The highest BCUT2D eigenvalue weighted by Crippen LogP contribution is 1.93. The van der Waals surface area contributed by atoms with E-state index in [2.05, 4.69) is 69.1 Å². The Bertz CT molecular complexity index is 67.3. The van der Waals surface area contributed by atoms with E-state index >= 15 is 0 Å². The first kappa shape index (κ1) is 18.8. The van der Waals surface area contributed by atoms with Crippen molar-refractivity contribution in [1.29, 1.82) is 0 Å². The molecule has 0 aromatic rings. The van der Waals surface area contributed by atoms with Crippen LogP contribution in [0.4, 0.5) is 0 Å². The molecule has 0 bridgehead atoms. The summed E-state index contributed by atoms with van der Waals surface area (Å²) in [6, 6.07) is 0.685. The summed E-state index contributed by atoms with van der Waals surface area (Å²) in [7, 11) is 12.1. The average molecular weight is 181 g/mol. The largest absolute Gasteiger partial charge is 0.307 e. The zero-order valence-electron chi connectivity index (χ0n) is 10.5. The zero-order chi connectivity index (χ0) is 11.4. The van der Waals surface area contributed by atoms with Gasteiger partial charge in [0.2, 0.25) is 0 Å². The fraction of sp³-hybridized carbons (Fsp3) is 1.00. The van der Waals surface area contributed by atoms with Gasteiger partial charge in [-0.25, -0.2) is 0 Å². The molecule has 0 N–H and O–H groups in total. The molecule has 76 valence electrons. The van der Waals surface area contributed by atoms with Crippen molar-refractivity contribution in [3.63, 3.8) is 0 Å². The molecule has 0 saturated carbocycles. The van der Waals surface area contributed by atoms with Crippen LogP contribution in [-0.4, -0.2) is 40.5 Å². The molecule has 13 heavy (non-hydrogen) atoms. The number of nitrogens with zero attached hydrogens (tertiary/aromatic N) is 1. The molecular weight excluding hydrogens is 156 g/mol. The van der Waals surface area contributed by atoms with Crippen molar-refractivity contribution in [2.75, 3.05) is 14.1 Å². The molecule has 0 heterocycles. The average Bonchev–Trinajstić information content (AvgIpc) is 2.09. The first-order valence-corrected chi connectivity index (χ1v) is 4.91. The molecule has 0 aliphatic heterocycles. The minimum absolute atomic E-state index is 0.685. The van der Waals surface area contributed by atoms with Gasteiger partial charge in [0.15, 0.2) is 0 Å². The SMILES string of the molecule is CC(C)N(C)C.CCC(C)C.[B][B]. The second-order valence-corrected chi connectivity index (χ2v) is 3.86. The highest BCUT2D eigenvalue weighted by Gasteiger charge is 1.90. The van der Waals surface area contributed by atoms with Crippen LogP contribution in [0.3, 0.4) is 0 Å². The maximum absolute atomic E-state index is 4.00. The van der Waals surface area contributed by atoms with Gasteiger partial charge in [0.25, 0.3) is 0 Å². The lowest BCUT2D eigenvalue weighted by Gasteiger charge is -2.12. The van der Waals surface area contributed by atoms with Gasteiger partial charge in [0.05, 0.1) is 0 Å². The monoisotopic (exact) mass is 181 g/mol. The minimum atomic E-state index is 0.685. The van der Waals surface area contributed by atoms with E-state index < -0.39 is 0 Å². The van der Waals surface area contributed by atoms with Crippen molar-refractivity contribution in [2.24, 2.45) is 5.92 Å². The summed E-state index contributed by atoms with van der Waals surface area (Å²) in [5.74, 6) is 0.884. The number of hydrogen-bond acceptors (Lipinski definition) is 1. The van der Waals surface area contributed by atoms with Gasteiger partial charge in [-0.2, -0.15) is 0 Å². The lowest BCUT2D eigenvalue weighted by Crippen LogP contribution is -2.20. The van der Waals surface area contributed by atoms with Gasteiger partial charge < -0.3 is 4.90 Å². The van der Waals surface area contributed by atoms with E-state index in [9.17, 15) is 0 Å². The molecular formula is C10H25B2N. The zero-order valence-corrected chi connectivity index (χ0v) is 10.5. The standard InChI is InChI=1S/C5H13N.C5H12.B2/c1-5(2)6(3)4;1-4-5(2)3;1-2/h5H,1-4H3;5H,4H2,1-3H3;. The Balaban J connectivity index is -0.000000131. The van der Waals surface area contributed by atoms with Crippen molar-refractivity contribution >= 4 is 15.5 Å². The quantitative estimate of drug-likeness (QED) is 0.590. The van der Waals surface area contributed by atoms with Gasteiger partial charge in [0, 0.05) is 21.5 Å². The Morgan fingerprint density at radius 1 is 1.00 bits per heavy atom. The molecule has 0 saturated heterocycles. The summed E-state index contributed by atoms with van der Waals surface area (Å²) in [6.45, 7) is 11.0. The van der Waals surface area contributed by atoms with Crippen molar-refractivity contribution in [3.05, 3.63) is 0 Å². The molecule has 0 unspecified atom stereocenters. The highest BCUT2D eigenvalue weighted by atomic mass is 15.1. The predicted molar refractivity (Wildman–Crippen MR) is 65.5 cm³/mol. The van der Waals surface area contributed by atoms with Crippen LogP contribution in [0.2, 0.25) is 0 Å². The van der Waals surface area contributed by atoms with E-state index in [4.69, 9.17) is 0 Å². The number of rotatable bonds is 2. The molecule has 0 rings (SSSR count). The Morgan fingerprint density at radius 2 is 1.15 bits per heavy atom. The Hall–Kier alpha value is 0.0899. The summed E-state index contributed by atoms with van der Waals surface area (Å²) in [4.78, 5) is 2.17. The molecule has 0 fully saturated rings. The van der Waals surface area contributed by atoms with Gasteiger partial charge in [-0.1, -0.05) is 27.2 Å². The maximum atomic E-state index is 4.00. The molecule has 0 amide bonds. The Kier molecular flexibility index (Phi) is 21.1. The van der Waals surface area contributed by atoms with E-state index in [1.807, 2.05) is 0 Å². The van der Waals surface area contributed by atoms with Crippen molar-refractivity contribution < 1.29 is 0 Å². The van der Waals surface area contributed by atoms with Crippen LogP contribution >= 0.6 is 0 Å². The summed E-state index contributed by atoms with van der Waals surface area (Å²) in [6.07, 6.45) is 1.31. The predicted octanol–water partition coefficient (Wildman–Crippen LogP) is 2.25. The van der Waals surface area contributed by atoms with Crippen LogP contribution in [-0.2, 0) is 0 Å². The molecule has 4 radical (unpaired) electrons. The maximum Gasteiger partial charge on any atom is 0.00324 e. The second-order valence-electron chi connectivity index (χ2n) is 3.86. The third-order valence-electron chi connectivity index (χ3n) is 1.85. The fourth-order valence-corrected chi connectivity index (χ4v) is 0. The minimum Gasteiger partial charge on any atom is -0.307 e. The van der Waals surface area contributed by atoms with Crippen LogP contribution in [0.25, 0.3) is 0 Å². The molecule has 0 aliphatic rings. The third-order valence-corrected chi connectivity index (χ3v) is 1.85.